The minimum atomic E-state index is -4.05. The Morgan fingerprint density at radius 2 is 1.95 bits per heavy atom. The maximum Gasteiger partial charge on any atom is 0.272 e. The van der Waals surface area contributed by atoms with E-state index in [-0.39, 0.29) is 34.5 Å². The summed E-state index contributed by atoms with van der Waals surface area (Å²) in [4.78, 5) is 13.3. The quantitative estimate of drug-likeness (QED) is 0.409. The SMILES string of the molecule is Cc1c(S(=O)(=O)NC2C(C)CCC2CC(C)(O)CO)c2n(c1C(=O)Nc1ccc(F)c(F)c1)CCCC2. The number of carbonyl (C=O) groups excluding carboxylic acids is 1. The van der Waals surface area contributed by atoms with Gasteiger partial charge in [-0.1, -0.05) is 6.92 Å². The number of carbonyl (C=O) groups is 1. The molecule has 0 radical (unpaired) electrons. The Kier molecular flexibility index (Phi) is 7.81. The summed E-state index contributed by atoms with van der Waals surface area (Å²) in [5.41, 5.74) is -0.213. The summed E-state index contributed by atoms with van der Waals surface area (Å²) in [5, 5.41) is 22.5. The first-order chi connectivity index (χ1) is 17.3. The molecule has 4 atom stereocenters. The Morgan fingerprint density at radius 3 is 2.62 bits per heavy atom. The van der Waals surface area contributed by atoms with Gasteiger partial charge >= 0.3 is 0 Å². The lowest BCUT2D eigenvalue weighted by Crippen LogP contribution is -2.44. The van der Waals surface area contributed by atoms with Gasteiger partial charge in [-0.15, -0.1) is 0 Å². The molecule has 0 saturated heterocycles. The minimum Gasteiger partial charge on any atom is -0.393 e. The second-order valence-electron chi connectivity index (χ2n) is 10.8. The Balaban J connectivity index is 1.67. The smallest absolute Gasteiger partial charge is 0.272 e. The van der Waals surface area contributed by atoms with Crippen LogP contribution in [-0.2, 0) is 23.0 Å². The van der Waals surface area contributed by atoms with Crippen molar-refractivity contribution in [1.82, 2.24) is 9.29 Å². The van der Waals surface area contributed by atoms with Gasteiger partial charge < -0.3 is 20.1 Å². The highest BCUT2D eigenvalue weighted by Crippen LogP contribution is 2.38. The number of hydrogen-bond donors (Lipinski definition) is 4. The molecule has 1 aromatic heterocycles. The highest BCUT2D eigenvalue weighted by molar-refractivity contribution is 7.89. The fraction of sp³-hybridized carbons (Fsp3) is 0.577. The van der Waals surface area contributed by atoms with E-state index < -0.39 is 45.8 Å². The van der Waals surface area contributed by atoms with Crippen LogP contribution >= 0.6 is 0 Å². The van der Waals surface area contributed by atoms with Crippen LogP contribution in [0.15, 0.2) is 23.1 Å². The third-order valence-corrected chi connectivity index (χ3v) is 9.37. The number of aliphatic hydroxyl groups excluding tert-OH is 1. The van der Waals surface area contributed by atoms with Crippen molar-refractivity contribution < 1.29 is 32.2 Å². The summed E-state index contributed by atoms with van der Waals surface area (Å²) in [7, 11) is -4.05. The molecule has 1 fully saturated rings. The molecular formula is C26H35F2N3O5S. The summed E-state index contributed by atoms with van der Waals surface area (Å²) in [5.74, 6) is -2.85. The predicted octanol–water partition coefficient (Wildman–Crippen LogP) is 3.49. The Labute approximate surface area is 216 Å². The third kappa shape index (κ3) is 5.59. The largest absolute Gasteiger partial charge is 0.393 e. The van der Waals surface area contributed by atoms with Crippen molar-refractivity contribution in [1.29, 1.82) is 0 Å². The van der Waals surface area contributed by atoms with Crippen molar-refractivity contribution in [3.63, 3.8) is 0 Å². The number of nitrogens with zero attached hydrogens (tertiary/aromatic N) is 1. The molecule has 2 aliphatic rings. The molecule has 4 N–H and O–H groups in total. The number of halogens is 2. The van der Waals surface area contributed by atoms with E-state index in [9.17, 15) is 32.2 Å². The predicted molar refractivity (Wildman–Crippen MR) is 135 cm³/mol. The molecule has 0 spiro atoms. The van der Waals surface area contributed by atoms with Gasteiger partial charge in [0.05, 0.1) is 12.2 Å². The molecule has 37 heavy (non-hydrogen) atoms. The van der Waals surface area contributed by atoms with Crippen molar-refractivity contribution in [2.24, 2.45) is 11.8 Å². The molecule has 4 unspecified atom stereocenters. The first kappa shape index (κ1) is 27.7. The summed E-state index contributed by atoms with van der Waals surface area (Å²) >= 11 is 0. The molecule has 204 valence electrons. The highest BCUT2D eigenvalue weighted by atomic mass is 32.2. The van der Waals surface area contributed by atoms with Crippen LogP contribution in [0.4, 0.5) is 14.5 Å². The molecule has 0 bridgehead atoms. The molecule has 1 aliphatic carbocycles. The van der Waals surface area contributed by atoms with Crippen molar-refractivity contribution >= 4 is 21.6 Å². The normalized spacial score (nSPS) is 23.5. The van der Waals surface area contributed by atoms with Gasteiger partial charge in [-0.2, -0.15) is 0 Å². The molecular weight excluding hydrogens is 504 g/mol. The van der Waals surface area contributed by atoms with E-state index in [2.05, 4.69) is 10.0 Å². The van der Waals surface area contributed by atoms with E-state index in [4.69, 9.17) is 0 Å². The summed E-state index contributed by atoms with van der Waals surface area (Å²) < 4.78 is 59.2. The van der Waals surface area contributed by atoms with Gasteiger partial charge in [0.2, 0.25) is 10.0 Å². The lowest BCUT2D eigenvalue weighted by molar-refractivity contribution is -0.0194. The fourth-order valence-corrected chi connectivity index (χ4v) is 7.79. The van der Waals surface area contributed by atoms with Crippen LogP contribution in [0.2, 0.25) is 0 Å². The second kappa shape index (κ2) is 10.4. The van der Waals surface area contributed by atoms with Crippen molar-refractivity contribution in [2.75, 3.05) is 11.9 Å². The number of nitrogens with one attached hydrogen (secondary N) is 2. The number of rotatable bonds is 8. The summed E-state index contributed by atoms with van der Waals surface area (Å²) in [6.45, 7) is 5.14. The average molecular weight is 540 g/mol. The third-order valence-electron chi connectivity index (χ3n) is 7.71. The van der Waals surface area contributed by atoms with Gasteiger partial charge in [-0.25, -0.2) is 21.9 Å². The fourth-order valence-electron chi connectivity index (χ4n) is 5.86. The zero-order chi connectivity index (χ0) is 27.1. The van der Waals surface area contributed by atoms with E-state index in [0.29, 0.717) is 24.2 Å². The van der Waals surface area contributed by atoms with Crippen LogP contribution in [-0.4, -0.2) is 47.4 Å². The van der Waals surface area contributed by atoms with Gasteiger partial charge in [0, 0.05) is 35.6 Å². The van der Waals surface area contributed by atoms with Gasteiger partial charge in [0.1, 0.15) is 10.6 Å². The molecule has 1 saturated carbocycles. The Hall–Kier alpha value is -2.34. The van der Waals surface area contributed by atoms with Gasteiger partial charge in [-0.3, -0.25) is 4.79 Å². The number of aliphatic hydroxyl groups is 2. The zero-order valence-corrected chi connectivity index (χ0v) is 22.2. The van der Waals surface area contributed by atoms with E-state index >= 15 is 0 Å². The molecule has 4 rings (SSSR count). The number of aromatic nitrogens is 1. The maximum absolute atomic E-state index is 13.8. The van der Waals surface area contributed by atoms with Gasteiger partial charge in [0.25, 0.3) is 5.91 Å². The first-order valence-electron chi connectivity index (χ1n) is 12.7. The van der Waals surface area contributed by atoms with Crippen molar-refractivity contribution in [3.8, 4) is 0 Å². The number of fused-ring (bicyclic) bond motifs is 1. The number of amides is 1. The zero-order valence-electron chi connectivity index (χ0n) is 21.4. The van der Waals surface area contributed by atoms with Crippen LogP contribution in [0.5, 0.6) is 0 Å². The topological polar surface area (TPSA) is 121 Å². The number of hydrogen-bond acceptors (Lipinski definition) is 5. The van der Waals surface area contributed by atoms with Gasteiger partial charge in [-0.05, 0) is 76.3 Å². The monoisotopic (exact) mass is 539 g/mol. The van der Waals surface area contributed by atoms with Crippen molar-refractivity contribution in [3.05, 3.63) is 46.8 Å². The number of anilines is 1. The molecule has 2 heterocycles. The van der Waals surface area contributed by atoms with E-state index in [1.165, 1.54) is 13.0 Å². The summed E-state index contributed by atoms with van der Waals surface area (Å²) in [6, 6.07) is 2.61. The lowest BCUT2D eigenvalue weighted by Gasteiger charge is -2.30. The molecule has 1 aromatic carbocycles. The van der Waals surface area contributed by atoms with E-state index in [1.54, 1.807) is 11.5 Å². The van der Waals surface area contributed by atoms with Crippen LogP contribution < -0.4 is 10.0 Å². The molecule has 1 aliphatic heterocycles. The number of benzene rings is 1. The summed E-state index contributed by atoms with van der Waals surface area (Å²) in [6.07, 6.45) is 3.80. The number of sulfonamides is 1. The first-order valence-corrected chi connectivity index (χ1v) is 14.2. The standard InChI is InChI=1S/C26H35F2N3O5S/c1-15-7-8-17(13-26(3,34)14-32)22(15)30-37(35,36)24-16(2)23(31-11-5-4-6-21(24)31)25(33)29-18-9-10-19(27)20(28)12-18/h9-10,12,15,17,22,30,32,34H,4-8,11,13-14H2,1-3H3,(H,29,33). The molecule has 11 heteroatoms. The lowest BCUT2D eigenvalue weighted by atomic mass is 9.88. The molecule has 8 nitrogen and oxygen atoms in total. The minimum absolute atomic E-state index is 0.0316. The maximum atomic E-state index is 13.8. The Morgan fingerprint density at radius 1 is 1.22 bits per heavy atom. The average Bonchev–Trinajstić information content (AvgIpc) is 3.32. The molecule has 2 aromatic rings. The van der Waals surface area contributed by atoms with Crippen molar-refractivity contribution in [2.45, 2.75) is 82.4 Å². The Bertz CT molecular complexity index is 1290. The van der Waals surface area contributed by atoms with Crippen LogP contribution in [0, 0.1) is 30.4 Å². The highest BCUT2D eigenvalue weighted by Gasteiger charge is 2.41. The van der Waals surface area contributed by atoms with E-state index in [1.807, 2.05) is 6.92 Å². The van der Waals surface area contributed by atoms with Crippen LogP contribution in [0.25, 0.3) is 0 Å². The van der Waals surface area contributed by atoms with Gasteiger partial charge in [0.15, 0.2) is 11.6 Å². The molecule has 1 amide bonds. The van der Waals surface area contributed by atoms with Crippen LogP contribution in [0.3, 0.4) is 0 Å². The van der Waals surface area contributed by atoms with Crippen LogP contribution in [0.1, 0.15) is 67.7 Å². The van der Waals surface area contributed by atoms with E-state index in [0.717, 1.165) is 37.8 Å². The second-order valence-corrected chi connectivity index (χ2v) is 12.4.